The summed E-state index contributed by atoms with van der Waals surface area (Å²) >= 11 is 9.32. The molecule has 0 heterocycles. The molecule has 0 aliphatic rings. The minimum atomic E-state index is 0.541. The predicted molar refractivity (Wildman–Crippen MR) is 86.2 cm³/mol. The van der Waals surface area contributed by atoms with Gasteiger partial charge in [-0.1, -0.05) is 25.4 Å². The number of nitrogens with one attached hydrogen (secondary N) is 1. The molecular weight excluding hydrogens is 326 g/mol. The van der Waals surface area contributed by atoms with E-state index in [1.54, 1.807) is 0 Å². The first-order valence-electron chi connectivity index (χ1n) is 6.80. The Labute approximate surface area is 130 Å². The van der Waals surface area contributed by atoms with E-state index < -0.39 is 0 Å². The summed E-state index contributed by atoms with van der Waals surface area (Å²) < 4.78 is 6.60. The first kappa shape index (κ1) is 16.8. The Morgan fingerprint density at radius 3 is 2.63 bits per heavy atom. The summed E-state index contributed by atoms with van der Waals surface area (Å²) in [6.45, 7) is 8.25. The molecule has 1 N–H and O–H groups in total. The molecule has 4 heteroatoms. The highest BCUT2D eigenvalue weighted by Crippen LogP contribution is 2.27. The Balaban J connectivity index is 2.20. The van der Waals surface area contributed by atoms with Gasteiger partial charge in [-0.3, -0.25) is 0 Å². The van der Waals surface area contributed by atoms with Gasteiger partial charge in [0.1, 0.15) is 12.4 Å². The first-order chi connectivity index (χ1) is 8.99. The summed E-state index contributed by atoms with van der Waals surface area (Å²) in [5.41, 5.74) is 0. The molecule has 1 unspecified atom stereocenters. The lowest BCUT2D eigenvalue weighted by Gasteiger charge is -2.15. The number of halogens is 2. The van der Waals surface area contributed by atoms with Crippen LogP contribution in [0.25, 0.3) is 0 Å². The SMILES string of the molecule is CC(C)CCC(C)NCCOc1ccc(Cl)cc1Br. The van der Waals surface area contributed by atoms with Gasteiger partial charge in [0.05, 0.1) is 4.47 Å². The van der Waals surface area contributed by atoms with Crippen LogP contribution in [-0.2, 0) is 0 Å². The third-order valence-electron chi connectivity index (χ3n) is 2.92. The molecule has 0 spiro atoms. The second-order valence-electron chi connectivity index (χ2n) is 5.25. The normalized spacial score (nSPS) is 12.7. The van der Waals surface area contributed by atoms with Crippen LogP contribution < -0.4 is 10.1 Å². The Bertz CT molecular complexity index is 384. The topological polar surface area (TPSA) is 21.3 Å². The number of hydrogen-bond donors (Lipinski definition) is 1. The molecule has 0 bridgehead atoms. The predicted octanol–water partition coefficient (Wildman–Crippen LogP) is 4.90. The molecule has 19 heavy (non-hydrogen) atoms. The Morgan fingerprint density at radius 2 is 2.00 bits per heavy atom. The second kappa shape index (κ2) is 8.83. The lowest BCUT2D eigenvalue weighted by atomic mass is 10.0. The van der Waals surface area contributed by atoms with E-state index in [1.165, 1.54) is 12.8 Å². The summed E-state index contributed by atoms with van der Waals surface area (Å²) in [5.74, 6) is 1.60. The van der Waals surface area contributed by atoms with Crippen molar-refractivity contribution in [1.29, 1.82) is 0 Å². The molecule has 0 saturated heterocycles. The standard InChI is InChI=1S/C15H23BrClNO/c1-11(2)4-5-12(3)18-8-9-19-15-7-6-13(17)10-14(15)16/h6-7,10-12,18H,4-5,8-9H2,1-3H3. The van der Waals surface area contributed by atoms with Crippen LogP contribution in [0.3, 0.4) is 0 Å². The Morgan fingerprint density at radius 1 is 1.26 bits per heavy atom. The van der Waals surface area contributed by atoms with E-state index in [0.717, 1.165) is 22.7 Å². The minimum absolute atomic E-state index is 0.541. The molecule has 0 fully saturated rings. The molecule has 0 amide bonds. The van der Waals surface area contributed by atoms with Gasteiger partial charge in [0.2, 0.25) is 0 Å². The zero-order chi connectivity index (χ0) is 14.3. The number of hydrogen-bond acceptors (Lipinski definition) is 2. The third kappa shape index (κ3) is 7.19. The van der Waals surface area contributed by atoms with E-state index in [4.69, 9.17) is 16.3 Å². The zero-order valence-corrected chi connectivity index (χ0v) is 14.2. The highest BCUT2D eigenvalue weighted by atomic mass is 79.9. The molecule has 108 valence electrons. The fraction of sp³-hybridized carbons (Fsp3) is 0.600. The van der Waals surface area contributed by atoms with E-state index in [-0.39, 0.29) is 0 Å². The fourth-order valence-electron chi connectivity index (χ4n) is 1.74. The average molecular weight is 349 g/mol. The van der Waals surface area contributed by atoms with Gasteiger partial charge in [0.25, 0.3) is 0 Å². The van der Waals surface area contributed by atoms with Crippen LogP contribution in [0.15, 0.2) is 22.7 Å². The summed E-state index contributed by atoms with van der Waals surface area (Å²) in [7, 11) is 0. The van der Waals surface area contributed by atoms with E-state index in [1.807, 2.05) is 18.2 Å². The van der Waals surface area contributed by atoms with Crippen LogP contribution in [0, 0.1) is 5.92 Å². The lowest BCUT2D eigenvalue weighted by molar-refractivity contribution is 0.301. The van der Waals surface area contributed by atoms with Crippen LogP contribution >= 0.6 is 27.5 Å². The van der Waals surface area contributed by atoms with Crippen molar-refractivity contribution in [2.45, 2.75) is 39.7 Å². The molecule has 1 aromatic carbocycles. The number of rotatable bonds is 8. The molecule has 0 saturated carbocycles. The van der Waals surface area contributed by atoms with Gasteiger partial charge in [-0.25, -0.2) is 0 Å². The molecule has 0 aliphatic carbocycles. The molecule has 1 rings (SSSR count). The second-order valence-corrected chi connectivity index (χ2v) is 6.54. The van der Waals surface area contributed by atoms with Gasteiger partial charge in [0, 0.05) is 17.6 Å². The average Bonchev–Trinajstić information content (AvgIpc) is 2.34. The molecule has 1 aromatic rings. The minimum Gasteiger partial charge on any atom is -0.491 e. The Kier molecular flexibility index (Phi) is 7.81. The Hall–Kier alpha value is -0.250. The lowest BCUT2D eigenvalue weighted by Crippen LogP contribution is -2.30. The summed E-state index contributed by atoms with van der Waals surface area (Å²) in [5, 5.41) is 4.18. The van der Waals surface area contributed by atoms with Crippen LogP contribution in [-0.4, -0.2) is 19.2 Å². The van der Waals surface area contributed by atoms with Gasteiger partial charge < -0.3 is 10.1 Å². The van der Waals surface area contributed by atoms with E-state index in [9.17, 15) is 0 Å². The first-order valence-corrected chi connectivity index (χ1v) is 7.97. The third-order valence-corrected chi connectivity index (χ3v) is 3.78. The maximum atomic E-state index is 5.88. The van der Waals surface area contributed by atoms with E-state index >= 15 is 0 Å². The van der Waals surface area contributed by atoms with E-state index in [0.29, 0.717) is 17.7 Å². The molecule has 0 aromatic heterocycles. The highest BCUT2D eigenvalue weighted by Gasteiger charge is 2.04. The monoisotopic (exact) mass is 347 g/mol. The van der Waals surface area contributed by atoms with Gasteiger partial charge in [-0.15, -0.1) is 0 Å². The number of ether oxygens (including phenoxy) is 1. The van der Waals surface area contributed by atoms with Gasteiger partial charge in [-0.2, -0.15) is 0 Å². The van der Waals surface area contributed by atoms with Gasteiger partial charge in [0.15, 0.2) is 0 Å². The van der Waals surface area contributed by atoms with Crippen molar-refractivity contribution in [3.63, 3.8) is 0 Å². The molecule has 0 aliphatic heterocycles. The van der Waals surface area contributed by atoms with Crippen molar-refractivity contribution in [3.05, 3.63) is 27.7 Å². The van der Waals surface area contributed by atoms with Crippen molar-refractivity contribution in [2.75, 3.05) is 13.2 Å². The highest BCUT2D eigenvalue weighted by molar-refractivity contribution is 9.10. The van der Waals surface area contributed by atoms with Gasteiger partial charge >= 0.3 is 0 Å². The van der Waals surface area contributed by atoms with E-state index in [2.05, 4.69) is 42.0 Å². The molecular formula is C15H23BrClNO. The summed E-state index contributed by atoms with van der Waals surface area (Å²) in [6, 6.07) is 6.10. The quantitative estimate of drug-likeness (QED) is 0.675. The van der Waals surface area contributed by atoms with Crippen molar-refractivity contribution in [1.82, 2.24) is 5.32 Å². The van der Waals surface area contributed by atoms with Crippen LogP contribution in [0.1, 0.15) is 33.6 Å². The summed E-state index contributed by atoms with van der Waals surface area (Å²) in [6.07, 6.45) is 2.47. The van der Waals surface area contributed by atoms with Crippen molar-refractivity contribution in [3.8, 4) is 5.75 Å². The van der Waals surface area contributed by atoms with Crippen molar-refractivity contribution < 1.29 is 4.74 Å². The fourth-order valence-corrected chi connectivity index (χ4v) is 2.54. The largest absolute Gasteiger partial charge is 0.491 e. The smallest absolute Gasteiger partial charge is 0.133 e. The van der Waals surface area contributed by atoms with Crippen molar-refractivity contribution >= 4 is 27.5 Å². The maximum absolute atomic E-state index is 5.88. The van der Waals surface area contributed by atoms with Crippen LogP contribution in [0.5, 0.6) is 5.75 Å². The zero-order valence-electron chi connectivity index (χ0n) is 11.9. The molecule has 1 atom stereocenters. The van der Waals surface area contributed by atoms with Crippen LogP contribution in [0.4, 0.5) is 0 Å². The van der Waals surface area contributed by atoms with Crippen molar-refractivity contribution in [2.24, 2.45) is 5.92 Å². The maximum Gasteiger partial charge on any atom is 0.133 e. The number of benzene rings is 1. The van der Waals surface area contributed by atoms with Gasteiger partial charge in [-0.05, 0) is 59.8 Å². The molecule has 2 nitrogen and oxygen atoms in total. The summed E-state index contributed by atoms with van der Waals surface area (Å²) in [4.78, 5) is 0. The van der Waals surface area contributed by atoms with Crippen LogP contribution in [0.2, 0.25) is 5.02 Å². The molecule has 0 radical (unpaired) electrons.